The monoisotopic (exact) mass is 330 g/mol. The Morgan fingerprint density at radius 1 is 1.50 bits per heavy atom. The summed E-state index contributed by atoms with van der Waals surface area (Å²) in [5.74, 6) is 0.683. The normalized spacial score (nSPS) is 24.7. The van der Waals surface area contributed by atoms with E-state index in [1.165, 1.54) is 18.5 Å². The second kappa shape index (κ2) is 6.38. The fourth-order valence-corrected chi connectivity index (χ4v) is 3.31. The molecule has 1 N–H and O–H groups in total. The van der Waals surface area contributed by atoms with Crippen LogP contribution in [0, 0.1) is 5.92 Å². The SMILES string of the molecule is CCNCC1CCN(C)C1c1ccc(Cl)c(Br)c1. The molecular weight excluding hydrogens is 312 g/mol. The van der Waals surface area contributed by atoms with E-state index in [1.807, 2.05) is 6.07 Å². The molecule has 2 nitrogen and oxygen atoms in total. The van der Waals surface area contributed by atoms with Crippen LogP contribution in [0.2, 0.25) is 5.02 Å². The smallest absolute Gasteiger partial charge is 0.0548 e. The van der Waals surface area contributed by atoms with Crippen molar-refractivity contribution < 1.29 is 0 Å². The van der Waals surface area contributed by atoms with E-state index in [1.54, 1.807) is 0 Å². The molecule has 1 aliphatic heterocycles. The van der Waals surface area contributed by atoms with Gasteiger partial charge in [-0.3, -0.25) is 4.90 Å². The number of nitrogens with zero attached hydrogens (tertiary/aromatic N) is 1. The fourth-order valence-electron chi connectivity index (χ4n) is 2.79. The van der Waals surface area contributed by atoms with E-state index < -0.39 is 0 Å². The van der Waals surface area contributed by atoms with Crippen molar-refractivity contribution >= 4 is 27.5 Å². The van der Waals surface area contributed by atoms with Crippen LogP contribution in [0.3, 0.4) is 0 Å². The summed E-state index contributed by atoms with van der Waals surface area (Å²) in [5, 5.41) is 4.25. The zero-order chi connectivity index (χ0) is 13.1. The van der Waals surface area contributed by atoms with E-state index in [4.69, 9.17) is 11.6 Å². The summed E-state index contributed by atoms with van der Waals surface area (Å²) < 4.78 is 0.990. The molecule has 0 radical (unpaired) electrons. The second-order valence-corrected chi connectivity index (χ2v) is 6.22. The molecule has 0 saturated carbocycles. The van der Waals surface area contributed by atoms with Crippen molar-refractivity contribution in [3.8, 4) is 0 Å². The van der Waals surface area contributed by atoms with Crippen molar-refractivity contribution in [3.05, 3.63) is 33.3 Å². The van der Waals surface area contributed by atoms with Gasteiger partial charge in [-0.15, -0.1) is 0 Å². The van der Waals surface area contributed by atoms with Crippen molar-refractivity contribution in [2.75, 3.05) is 26.7 Å². The number of hydrogen-bond donors (Lipinski definition) is 1. The number of likely N-dealkylation sites (tertiary alicyclic amines) is 1. The zero-order valence-corrected chi connectivity index (χ0v) is 13.3. The van der Waals surface area contributed by atoms with E-state index in [9.17, 15) is 0 Å². The minimum atomic E-state index is 0.498. The molecule has 2 atom stereocenters. The summed E-state index contributed by atoms with van der Waals surface area (Å²) in [6, 6.07) is 6.79. The third kappa shape index (κ3) is 3.08. The third-order valence-corrected chi connectivity index (χ3v) is 4.93. The Morgan fingerprint density at radius 2 is 2.28 bits per heavy atom. The third-order valence-electron chi connectivity index (χ3n) is 3.72. The molecule has 1 aliphatic rings. The van der Waals surface area contributed by atoms with Gasteiger partial charge in [0.2, 0.25) is 0 Å². The van der Waals surface area contributed by atoms with Crippen molar-refractivity contribution in [2.24, 2.45) is 5.92 Å². The van der Waals surface area contributed by atoms with Gasteiger partial charge in [-0.05, 0) is 72.6 Å². The largest absolute Gasteiger partial charge is 0.317 e. The molecule has 2 rings (SSSR count). The van der Waals surface area contributed by atoms with Gasteiger partial charge < -0.3 is 5.32 Å². The molecular formula is C14H20BrClN2. The number of hydrogen-bond acceptors (Lipinski definition) is 2. The first-order valence-corrected chi connectivity index (χ1v) is 7.66. The first-order chi connectivity index (χ1) is 8.63. The molecule has 4 heteroatoms. The van der Waals surface area contributed by atoms with Gasteiger partial charge in [0, 0.05) is 10.5 Å². The van der Waals surface area contributed by atoms with Crippen LogP contribution in [0.1, 0.15) is 24.9 Å². The second-order valence-electron chi connectivity index (χ2n) is 4.96. The Labute approximate surface area is 123 Å². The lowest BCUT2D eigenvalue weighted by Crippen LogP contribution is -2.28. The van der Waals surface area contributed by atoms with E-state index >= 15 is 0 Å². The number of rotatable bonds is 4. The minimum Gasteiger partial charge on any atom is -0.317 e. The molecule has 2 unspecified atom stereocenters. The Balaban J connectivity index is 2.19. The zero-order valence-electron chi connectivity index (χ0n) is 10.9. The van der Waals surface area contributed by atoms with Crippen LogP contribution in [0.25, 0.3) is 0 Å². The van der Waals surface area contributed by atoms with Gasteiger partial charge in [-0.25, -0.2) is 0 Å². The van der Waals surface area contributed by atoms with Crippen LogP contribution in [-0.2, 0) is 0 Å². The van der Waals surface area contributed by atoms with Gasteiger partial charge in [-0.1, -0.05) is 24.6 Å². The molecule has 1 fully saturated rings. The predicted octanol–water partition coefficient (Wildman–Crippen LogP) is 3.70. The van der Waals surface area contributed by atoms with Gasteiger partial charge in [0.25, 0.3) is 0 Å². The highest BCUT2D eigenvalue weighted by Crippen LogP contribution is 2.37. The number of halogens is 2. The van der Waals surface area contributed by atoms with E-state index in [0.717, 1.165) is 22.6 Å². The molecule has 0 spiro atoms. The number of nitrogens with one attached hydrogen (secondary N) is 1. The Morgan fingerprint density at radius 3 is 2.94 bits per heavy atom. The maximum absolute atomic E-state index is 6.07. The first-order valence-electron chi connectivity index (χ1n) is 6.49. The number of benzene rings is 1. The van der Waals surface area contributed by atoms with Crippen LogP contribution in [0.15, 0.2) is 22.7 Å². The minimum absolute atomic E-state index is 0.498. The van der Waals surface area contributed by atoms with Gasteiger partial charge in [0.15, 0.2) is 0 Å². The van der Waals surface area contributed by atoms with Gasteiger partial charge in [-0.2, -0.15) is 0 Å². The summed E-state index contributed by atoms with van der Waals surface area (Å²) in [6.45, 7) is 5.45. The van der Waals surface area contributed by atoms with Crippen LogP contribution in [0.5, 0.6) is 0 Å². The summed E-state index contributed by atoms with van der Waals surface area (Å²) in [5.41, 5.74) is 1.36. The van der Waals surface area contributed by atoms with Crippen LogP contribution in [0.4, 0.5) is 0 Å². The summed E-state index contributed by atoms with van der Waals surface area (Å²) in [6.07, 6.45) is 1.26. The van der Waals surface area contributed by atoms with Crippen molar-refractivity contribution in [1.29, 1.82) is 0 Å². The molecule has 1 heterocycles. The molecule has 0 bridgehead atoms. The maximum atomic E-state index is 6.07. The first kappa shape index (κ1) is 14.3. The molecule has 1 aromatic rings. The lowest BCUT2D eigenvalue weighted by atomic mass is 9.94. The van der Waals surface area contributed by atoms with E-state index in [0.29, 0.717) is 12.0 Å². The molecule has 1 saturated heterocycles. The lowest BCUT2D eigenvalue weighted by Gasteiger charge is -2.26. The highest BCUT2D eigenvalue weighted by Gasteiger charge is 2.32. The van der Waals surface area contributed by atoms with Crippen molar-refractivity contribution in [2.45, 2.75) is 19.4 Å². The Bertz CT molecular complexity index is 411. The average Bonchev–Trinajstić information content (AvgIpc) is 2.71. The highest BCUT2D eigenvalue weighted by atomic mass is 79.9. The average molecular weight is 332 g/mol. The van der Waals surface area contributed by atoms with Crippen LogP contribution < -0.4 is 5.32 Å². The summed E-state index contributed by atoms with van der Waals surface area (Å²) in [4.78, 5) is 2.44. The van der Waals surface area contributed by atoms with Gasteiger partial charge in [0.1, 0.15) is 0 Å². The molecule has 18 heavy (non-hydrogen) atoms. The standard InChI is InChI=1S/C14H20BrClN2/c1-3-17-9-11-6-7-18(2)14(11)10-4-5-13(16)12(15)8-10/h4-5,8,11,14,17H,3,6-7,9H2,1-2H3. The molecule has 0 amide bonds. The summed E-state index contributed by atoms with van der Waals surface area (Å²) in [7, 11) is 2.21. The fraction of sp³-hybridized carbons (Fsp3) is 0.571. The lowest BCUT2D eigenvalue weighted by molar-refractivity contribution is 0.273. The Kier molecular flexibility index (Phi) is 5.07. The topological polar surface area (TPSA) is 15.3 Å². The van der Waals surface area contributed by atoms with Gasteiger partial charge in [0.05, 0.1) is 5.02 Å². The maximum Gasteiger partial charge on any atom is 0.0548 e. The van der Waals surface area contributed by atoms with Crippen LogP contribution >= 0.6 is 27.5 Å². The summed E-state index contributed by atoms with van der Waals surface area (Å²) >= 11 is 9.59. The molecule has 0 aromatic heterocycles. The highest BCUT2D eigenvalue weighted by molar-refractivity contribution is 9.10. The van der Waals surface area contributed by atoms with Crippen molar-refractivity contribution in [1.82, 2.24) is 10.2 Å². The van der Waals surface area contributed by atoms with Crippen molar-refractivity contribution in [3.63, 3.8) is 0 Å². The predicted molar refractivity (Wildman–Crippen MR) is 81.2 cm³/mol. The molecule has 1 aromatic carbocycles. The molecule has 100 valence electrons. The molecule has 0 aliphatic carbocycles. The van der Waals surface area contributed by atoms with E-state index in [-0.39, 0.29) is 0 Å². The Hall–Kier alpha value is -0.0900. The van der Waals surface area contributed by atoms with Gasteiger partial charge >= 0.3 is 0 Å². The van der Waals surface area contributed by atoms with E-state index in [2.05, 4.69) is 52.3 Å². The van der Waals surface area contributed by atoms with Crippen LogP contribution in [-0.4, -0.2) is 31.6 Å². The quantitative estimate of drug-likeness (QED) is 0.905.